The van der Waals surface area contributed by atoms with E-state index in [1.54, 1.807) is 18.2 Å². The number of benzene rings is 3. The molecule has 1 aliphatic carbocycles. The molecule has 0 aliphatic heterocycles. The van der Waals surface area contributed by atoms with Gasteiger partial charge in [0.15, 0.2) is 0 Å². The lowest BCUT2D eigenvalue weighted by Gasteiger charge is -2.28. The number of halogens is 1. The summed E-state index contributed by atoms with van der Waals surface area (Å²) in [6.45, 7) is 4.29. The summed E-state index contributed by atoms with van der Waals surface area (Å²) >= 11 is 0. The third-order valence-electron chi connectivity index (χ3n) is 7.63. The quantitative estimate of drug-likeness (QED) is 0.154. The Kier molecular flexibility index (Phi) is 10.1. The SMILES string of the molecule is C/C=C/CCC1CCC(OC(=O)c2ccc(C=Cc3ccc(C[C@H](C)c4ccccc4)cc3)c(F)c2)CC1. The Hall–Kier alpha value is -3.46. The molecule has 0 bridgehead atoms. The Labute approximate surface area is 227 Å². The van der Waals surface area contributed by atoms with Crippen molar-refractivity contribution in [2.45, 2.75) is 70.8 Å². The Balaban J connectivity index is 1.28. The highest BCUT2D eigenvalue weighted by atomic mass is 19.1. The van der Waals surface area contributed by atoms with E-state index in [-0.39, 0.29) is 11.7 Å². The lowest BCUT2D eigenvalue weighted by Crippen LogP contribution is -2.24. The monoisotopic (exact) mass is 510 g/mol. The highest BCUT2D eigenvalue weighted by Crippen LogP contribution is 2.30. The summed E-state index contributed by atoms with van der Waals surface area (Å²) < 4.78 is 20.5. The van der Waals surface area contributed by atoms with Gasteiger partial charge >= 0.3 is 5.97 Å². The number of rotatable bonds is 10. The van der Waals surface area contributed by atoms with Gasteiger partial charge in [-0.25, -0.2) is 9.18 Å². The van der Waals surface area contributed by atoms with E-state index >= 15 is 0 Å². The van der Waals surface area contributed by atoms with E-state index in [9.17, 15) is 9.18 Å². The molecule has 0 N–H and O–H groups in total. The van der Waals surface area contributed by atoms with Gasteiger partial charge in [-0.3, -0.25) is 0 Å². The van der Waals surface area contributed by atoms with E-state index in [2.05, 4.69) is 74.5 Å². The van der Waals surface area contributed by atoms with Crippen LogP contribution in [0.4, 0.5) is 4.39 Å². The molecule has 4 rings (SSSR count). The third kappa shape index (κ3) is 8.02. The predicted octanol–water partition coefficient (Wildman–Crippen LogP) is 9.41. The first-order chi connectivity index (χ1) is 18.5. The molecular weight excluding hydrogens is 471 g/mol. The lowest BCUT2D eigenvalue weighted by molar-refractivity contribution is 0.0162. The van der Waals surface area contributed by atoms with Crippen molar-refractivity contribution in [1.29, 1.82) is 0 Å². The zero-order valence-corrected chi connectivity index (χ0v) is 22.6. The number of allylic oxidation sites excluding steroid dienone is 2. The van der Waals surface area contributed by atoms with Gasteiger partial charge in [0.25, 0.3) is 0 Å². The van der Waals surface area contributed by atoms with Crippen molar-refractivity contribution >= 4 is 18.1 Å². The number of hydrogen-bond donors (Lipinski definition) is 0. The molecule has 198 valence electrons. The second kappa shape index (κ2) is 13.9. The first-order valence-electron chi connectivity index (χ1n) is 14.0. The Bertz CT molecular complexity index is 1220. The summed E-state index contributed by atoms with van der Waals surface area (Å²) in [5, 5.41) is 0. The average Bonchev–Trinajstić information content (AvgIpc) is 2.94. The minimum absolute atomic E-state index is 0.0678. The van der Waals surface area contributed by atoms with Crippen molar-refractivity contribution in [2.75, 3.05) is 0 Å². The Morgan fingerprint density at radius 1 is 0.974 bits per heavy atom. The number of hydrogen-bond acceptors (Lipinski definition) is 2. The summed E-state index contributed by atoms with van der Waals surface area (Å²) in [4.78, 5) is 12.6. The highest BCUT2D eigenvalue weighted by Gasteiger charge is 2.24. The number of esters is 1. The van der Waals surface area contributed by atoms with Gasteiger partial charge in [-0.1, -0.05) is 91.9 Å². The van der Waals surface area contributed by atoms with E-state index in [1.807, 2.05) is 12.1 Å². The first kappa shape index (κ1) is 27.6. The molecular formula is C35H39FO2. The third-order valence-corrected chi connectivity index (χ3v) is 7.63. The van der Waals surface area contributed by atoms with Gasteiger partial charge in [0.1, 0.15) is 11.9 Å². The van der Waals surface area contributed by atoms with E-state index in [0.717, 1.165) is 44.1 Å². The predicted molar refractivity (Wildman–Crippen MR) is 156 cm³/mol. The fraction of sp³-hybridized carbons (Fsp3) is 0.343. The van der Waals surface area contributed by atoms with Crippen LogP contribution in [0.1, 0.15) is 90.9 Å². The van der Waals surface area contributed by atoms with Gasteiger partial charge in [0.05, 0.1) is 5.56 Å². The molecule has 0 spiro atoms. The van der Waals surface area contributed by atoms with Gasteiger partial charge in [-0.05, 0) is 92.5 Å². The zero-order valence-electron chi connectivity index (χ0n) is 22.6. The van der Waals surface area contributed by atoms with E-state index in [4.69, 9.17) is 4.74 Å². The van der Waals surface area contributed by atoms with Crippen LogP contribution in [0.5, 0.6) is 0 Å². The topological polar surface area (TPSA) is 26.3 Å². The molecule has 1 fully saturated rings. The van der Waals surface area contributed by atoms with Crippen LogP contribution in [-0.4, -0.2) is 12.1 Å². The van der Waals surface area contributed by atoms with E-state index in [1.165, 1.54) is 23.6 Å². The van der Waals surface area contributed by atoms with Crippen LogP contribution in [0.3, 0.4) is 0 Å². The van der Waals surface area contributed by atoms with Crippen molar-refractivity contribution in [3.05, 3.63) is 119 Å². The Morgan fingerprint density at radius 2 is 1.71 bits per heavy atom. The largest absolute Gasteiger partial charge is 0.459 e. The minimum atomic E-state index is -0.433. The van der Waals surface area contributed by atoms with Crippen molar-refractivity contribution in [2.24, 2.45) is 5.92 Å². The summed E-state index contributed by atoms with van der Waals surface area (Å²) in [6.07, 6.45) is 15.1. The molecule has 0 heterocycles. The second-order valence-electron chi connectivity index (χ2n) is 10.5. The van der Waals surface area contributed by atoms with E-state index < -0.39 is 11.8 Å². The summed E-state index contributed by atoms with van der Waals surface area (Å²) in [5.41, 5.74) is 4.33. The van der Waals surface area contributed by atoms with Crippen LogP contribution < -0.4 is 0 Å². The fourth-order valence-electron chi connectivity index (χ4n) is 5.25. The minimum Gasteiger partial charge on any atom is -0.459 e. The highest BCUT2D eigenvalue weighted by molar-refractivity contribution is 5.90. The van der Waals surface area contributed by atoms with Gasteiger partial charge in [0.2, 0.25) is 0 Å². The maximum absolute atomic E-state index is 14.8. The van der Waals surface area contributed by atoms with Gasteiger partial charge in [-0.2, -0.15) is 0 Å². The molecule has 1 aliphatic rings. The van der Waals surface area contributed by atoms with Crippen molar-refractivity contribution in [1.82, 2.24) is 0 Å². The Morgan fingerprint density at radius 3 is 2.39 bits per heavy atom. The van der Waals surface area contributed by atoms with Crippen LogP contribution in [0, 0.1) is 11.7 Å². The van der Waals surface area contributed by atoms with Gasteiger partial charge in [0, 0.05) is 5.56 Å². The summed E-state index contributed by atoms with van der Waals surface area (Å²) in [7, 11) is 0. The maximum atomic E-state index is 14.8. The lowest BCUT2D eigenvalue weighted by atomic mass is 9.84. The van der Waals surface area contributed by atoms with Crippen molar-refractivity contribution in [3.8, 4) is 0 Å². The molecule has 0 aromatic heterocycles. The molecule has 0 radical (unpaired) electrons. The molecule has 0 amide bonds. The normalized spacial score (nSPS) is 18.6. The van der Waals surface area contributed by atoms with Crippen LogP contribution in [0.2, 0.25) is 0 Å². The molecule has 38 heavy (non-hydrogen) atoms. The van der Waals surface area contributed by atoms with E-state index in [0.29, 0.717) is 17.4 Å². The number of carbonyl (C=O) groups is 1. The van der Waals surface area contributed by atoms with Crippen molar-refractivity contribution in [3.63, 3.8) is 0 Å². The number of ether oxygens (including phenoxy) is 1. The first-order valence-corrected chi connectivity index (χ1v) is 14.0. The zero-order chi connectivity index (χ0) is 26.7. The smallest absolute Gasteiger partial charge is 0.338 e. The molecule has 3 heteroatoms. The molecule has 0 saturated heterocycles. The van der Waals surface area contributed by atoms with Crippen LogP contribution in [0.25, 0.3) is 12.2 Å². The fourth-order valence-corrected chi connectivity index (χ4v) is 5.25. The molecule has 2 nitrogen and oxygen atoms in total. The number of carbonyl (C=O) groups excluding carboxylic acids is 1. The standard InChI is InChI=1S/C35H39FO2/c1-3-4-6-9-27-17-22-33(23-18-27)38-35(37)32-21-20-31(34(36)25-32)19-16-28-12-14-29(15-13-28)24-26(2)30-10-7-5-8-11-30/h3-5,7-8,10-16,19-21,25-27,33H,6,9,17-18,22-24H2,1-2H3/b4-3+,19-16?/t26-,27?,33?/m0/s1. The average molecular weight is 511 g/mol. The van der Waals surface area contributed by atoms with Crippen LogP contribution >= 0.6 is 0 Å². The van der Waals surface area contributed by atoms with Gasteiger partial charge in [-0.15, -0.1) is 0 Å². The molecule has 3 aromatic rings. The van der Waals surface area contributed by atoms with Crippen molar-refractivity contribution < 1.29 is 13.9 Å². The summed E-state index contributed by atoms with van der Waals surface area (Å²) in [5.74, 6) is 0.299. The van der Waals surface area contributed by atoms with Crippen LogP contribution in [-0.2, 0) is 11.2 Å². The van der Waals surface area contributed by atoms with Gasteiger partial charge < -0.3 is 4.74 Å². The maximum Gasteiger partial charge on any atom is 0.338 e. The summed E-state index contributed by atoms with van der Waals surface area (Å²) in [6, 6.07) is 23.5. The molecule has 3 aromatic carbocycles. The molecule has 1 atom stereocenters. The molecule has 0 unspecified atom stereocenters. The molecule has 1 saturated carbocycles. The van der Waals surface area contributed by atoms with Crippen LogP contribution in [0.15, 0.2) is 84.9 Å². The second-order valence-corrected chi connectivity index (χ2v) is 10.5.